The molecule has 6 nitrogen and oxygen atoms in total. The molecule has 2 aromatic carbocycles. The number of hydrogen-bond donors (Lipinski definition) is 3. The Morgan fingerprint density at radius 3 is 2.45 bits per heavy atom. The molecule has 2 saturated heterocycles. The molecular weight excluding hydrogens is 390 g/mol. The lowest BCUT2D eigenvalue weighted by Crippen LogP contribution is -2.61. The van der Waals surface area contributed by atoms with Gasteiger partial charge >= 0.3 is 0 Å². The average molecular weight is 418 g/mol. The molecule has 0 bridgehead atoms. The maximum atomic E-state index is 13.0. The number of amides is 1. The zero-order chi connectivity index (χ0) is 19.4. The van der Waals surface area contributed by atoms with Crippen molar-refractivity contribution < 1.29 is 14.6 Å². The van der Waals surface area contributed by atoms with E-state index in [1.165, 1.54) is 0 Å². The number of anilines is 1. The molecular formula is C22H28ClN3O3. The molecule has 1 amide bonds. The van der Waals surface area contributed by atoms with Crippen LogP contribution in [0.4, 0.5) is 5.69 Å². The van der Waals surface area contributed by atoms with Crippen molar-refractivity contribution >= 4 is 24.0 Å². The number of morpholine rings is 1. The summed E-state index contributed by atoms with van der Waals surface area (Å²) in [5.74, 6) is -0.168. The number of aliphatic hydroxyl groups excluding tert-OH is 1. The standard InChI is InChI=1S/C22H27N3O3.ClH/c26-20-16-23-11-10-22(20,18-4-2-1-3-5-18)24-21(27)17-6-8-19(9-7-17)25-12-14-28-15-13-25;/h1-9,20,23,26H,10-16H2,(H,24,27);1H/t20-,22+;/m1./s1. The molecule has 0 saturated carbocycles. The SMILES string of the molecule is Cl.O=C(N[C@]1(c2ccccc2)CCNC[C@H]1O)c1ccc(N2CCOCC2)cc1. The second-order valence-corrected chi connectivity index (χ2v) is 7.41. The smallest absolute Gasteiger partial charge is 0.252 e. The van der Waals surface area contributed by atoms with Crippen molar-refractivity contribution in [2.45, 2.75) is 18.1 Å². The van der Waals surface area contributed by atoms with E-state index in [1.807, 2.05) is 54.6 Å². The first-order chi connectivity index (χ1) is 13.7. The Hall–Kier alpha value is -2.12. The third-order valence-electron chi connectivity index (χ3n) is 5.73. The van der Waals surface area contributed by atoms with Crippen molar-refractivity contribution in [3.63, 3.8) is 0 Å². The van der Waals surface area contributed by atoms with Gasteiger partial charge in [-0.2, -0.15) is 0 Å². The number of nitrogens with one attached hydrogen (secondary N) is 2. The molecule has 0 spiro atoms. The van der Waals surface area contributed by atoms with Crippen LogP contribution in [0.2, 0.25) is 0 Å². The highest BCUT2D eigenvalue weighted by atomic mass is 35.5. The van der Waals surface area contributed by atoms with Gasteiger partial charge in [-0.3, -0.25) is 4.79 Å². The van der Waals surface area contributed by atoms with Crippen LogP contribution in [0.5, 0.6) is 0 Å². The first-order valence-electron chi connectivity index (χ1n) is 9.89. The van der Waals surface area contributed by atoms with Crippen LogP contribution in [0, 0.1) is 0 Å². The summed E-state index contributed by atoms with van der Waals surface area (Å²) in [7, 11) is 0. The zero-order valence-corrected chi connectivity index (χ0v) is 17.2. The largest absolute Gasteiger partial charge is 0.389 e. The Kier molecular flexibility index (Phi) is 7.14. The number of piperidine rings is 1. The summed E-state index contributed by atoms with van der Waals surface area (Å²) in [5.41, 5.74) is 1.84. The Bertz CT molecular complexity index is 797. The van der Waals surface area contributed by atoms with Gasteiger partial charge in [0.15, 0.2) is 0 Å². The lowest BCUT2D eigenvalue weighted by molar-refractivity contribution is 0.0289. The van der Waals surface area contributed by atoms with Crippen molar-refractivity contribution in [2.75, 3.05) is 44.3 Å². The van der Waals surface area contributed by atoms with Crippen LogP contribution in [0.15, 0.2) is 54.6 Å². The second-order valence-electron chi connectivity index (χ2n) is 7.41. The van der Waals surface area contributed by atoms with Gasteiger partial charge in [-0.15, -0.1) is 12.4 Å². The monoisotopic (exact) mass is 417 g/mol. The maximum absolute atomic E-state index is 13.0. The topological polar surface area (TPSA) is 73.8 Å². The number of aliphatic hydroxyl groups is 1. The number of β-amino-alcohol motifs (C(OH)–C–C–N with tert-alkyl or cyclic N) is 1. The number of hydrogen-bond acceptors (Lipinski definition) is 5. The highest BCUT2D eigenvalue weighted by Gasteiger charge is 2.42. The van der Waals surface area contributed by atoms with Crippen molar-refractivity contribution in [1.29, 1.82) is 0 Å². The number of halogens is 1. The van der Waals surface area contributed by atoms with Gasteiger partial charge in [0.1, 0.15) is 0 Å². The van der Waals surface area contributed by atoms with E-state index in [0.717, 1.165) is 44.1 Å². The maximum Gasteiger partial charge on any atom is 0.252 e. The van der Waals surface area contributed by atoms with E-state index in [1.54, 1.807) is 0 Å². The molecule has 0 radical (unpaired) electrons. The van der Waals surface area contributed by atoms with E-state index < -0.39 is 11.6 Å². The van der Waals surface area contributed by atoms with Crippen molar-refractivity contribution in [3.8, 4) is 0 Å². The fourth-order valence-electron chi connectivity index (χ4n) is 4.08. The molecule has 2 aromatic rings. The number of benzene rings is 2. The number of ether oxygens (including phenoxy) is 1. The van der Waals surface area contributed by atoms with Crippen LogP contribution in [0.1, 0.15) is 22.3 Å². The fourth-order valence-corrected chi connectivity index (χ4v) is 4.08. The molecule has 3 N–H and O–H groups in total. The molecule has 0 aliphatic carbocycles. The lowest BCUT2D eigenvalue weighted by Gasteiger charge is -2.43. The molecule has 2 aliphatic rings. The molecule has 2 atom stereocenters. The van der Waals surface area contributed by atoms with E-state index in [0.29, 0.717) is 18.5 Å². The predicted octanol–water partition coefficient (Wildman–Crippen LogP) is 1.92. The van der Waals surface area contributed by atoms with Crippen molar-refractivity contribution in [2.24, 2.45) is 0 Å². The van der Waals surface area contributed by atoms with Gasteiger partial charge in [-0.05, 0) is 42.8 Å². The number of nitrogens with zero attached hydrogens (tertiary/aromatic N) is 1. The third kappa shape index (κ3) is 4.56. The predicted molar refractivity (Wildman–Crippen MR) is 116 cm³/mol. The number of rotatable bonds is 4. The summed E-state index contributed by atoms with van der Waals surface area (Å²) in [6.45, 7) is 4.37. The van der Waals surface area contributed by atoms with E-state index in [2.05, 4.69) is 15.5 Å². The minimum Gasteiger partial charge on any atom is -0.389 e. The van der Waals surface area contributed by atoms with Crippen LogP contribution in [0.3, 0.4) is 0 Å². The van der Waals surface area contributed by atoms with Gasteiger partial charge in [0, 0.05) is 30.9 Å². The molecule has 0 aromatic heterocycles. The van der Waals surface area contributed by atoms with Crippen LogP contribution in [-0.4, -0.2) is 56.5 Å². The summed E-state index contributed by atoms with van der Waals surface area (Å²) < 4.78 is 5.40. The summed E-state index contributed by atoms with van der Waals surface area (Å²) in [6.07, 6.45) is -0.0595. The molecule has 4 rings (SSSR count). The van der Waals surface area contributed by atoms with Gasteiger partial charge in [0.25, 0.3) is 5.91 Å². The third-order valence-corrected chi connectivity index (χ3v) is 5.73. The molecule has 2 heterocycles. The molecule has 7 heteroatoms. The Morgan fingerprint density at radius 1 is 1.10 bits per heavy atom. The van der Waals surface area contributed by atoms with E-state index in [4.69, 9.17) is 4.74 Å². The zero-order valence-electron chi connectivity index (χ0n) is 16.3. The average Bonchev–Trinajstić information content (AvgIpc) is 2.77. The molecule has 0 unspecified atom stereocenters. The molecule has 2 aliphatic heterocycles. The fraction of sp³-hybridized carbons (Fsp3) is 0.409. The normalized spacial score (nSPS) is 24.4. The van der Waals surface area contributed by atoms with E-state index in [9.17, 15) is 9.90 Å². The van der Waals surface area contributed by atoms with E-state index in [-0.39, 0.29) is 18.3 Å². The Morgan fingerprint density at radius 2 is 1.79 bits per heavy atom. The van der Waals surface area contributed by atoms with Gasteiger partial charge in [-0.25, -0.2) is 0 Å². The highest BCUT2D eigenvalue weighted by Crippen LogP contribution is 2.31. The van der Waals surface area contributed by atoms with Crippen LogP contribution >= 0.6 is 12.4 Å². The first kappa shape index (κ1) is 21.6. The van der Waals surface area contributed by atoms with Crippen molar-refractivity contribution in [1.82, 2.24) is 10.6 Å². The van der Waals surface area contributed by atoms with Crippen LogP contribution in [0.25, 0.3) is 0 Å². The number of carbonyl (C=O) groups is 1. The minimum atomic E-state index is -0.785. The Labute approximate surface area is 177 Å². The number of carbonyl (C=O) groups excluding carboxylic acids is 1. The molecule has 156 valence electrons. The first-order valence-corrected chi connectivity index (χ1v) is 9.89. The molecule has 29 heavy (non-hydrogen) atoms. The summed E-state index contributed by atoms with van der Waals surface area (Å²) in [6, 6.07) is 17.4. The summed E-state index contributed by atoms with van der Waals surface area (Å²) in [5, 5.41) is 17.1. The lowest BCUT2D eigenvalue weighted by atomic mass is 9.79. The molecule has 2 fully saturated rings. The van der Waals surface area contributed by atoms with Gasteiger partial charge in [-0.1, -0.05) is 30.3 Å². The van der Waals surface area contributed by atoms with Crippen molar-refractivity contribution in [3.05, 3.63) is 65.7 Å². The summed E-state index contributed by atoms with van der Waals surface area (Å²) >= 11 is 0. The van der Waals surface area contributed by atoms with Gasteiger partial charge < -0.3 is 25.4 Å². The van der Waals surface area contributed by atoms with Gasteiger partial charge in [0.05, 0.1) is 24.9 Å². The van der Waals surface area contributed by atoms with E-state index >= 15 is 0 Å². The summed E-state index contributed by atoms with van der Waals surface area (Å²) in [4.78, 5) is 15.3. The Balaban J connectivity index is 0.00000240. The highest BCUT2D eigenvalue weighted by molar-refractivity contribution is 5.95. The minimum absolute atomic E-state index is 0. The van der Waals surface area contributed by atoms with Gasteiger partial charge in [0.2, 0.25) is 0 Å². The quantitative estimate of drug-likeness (QED) is 0.708. The van der Waals surface area contributed by atoms with Crippen LogP contribution in [-0.2, 0) is 10.3 Å². The second kappa shape index (κ2) is 9.59. The van der Waals surface area contributed by atoms with Crippen LogP contribution < -0.4 is 15.5 Å².